The number of aromatic nitrogens is 3. The molecule has 8 nitrogen and oxygen atoms in total. The molecular weight excluding hydrogens is 462 g/mol. The van der Waals surface area contributed by atoms with Crippen molar-refractivity contribution in [2.24, 2.45) is 5.92 Å². The zero-order chi connectivity index (χ0) is 24.2. The van der Waals surface area contributed by atoms with Crippen LogP contribution in [-0.4, -0.2) is 46.5 Å². The zero-order valence-corrected chi connectivity index (χ0v) is 20.1. The van der Waals surface area contributed by atoms with Gasteiger partial charge in [0.1, 0.15) is 5.01 Å². The van der Waals surface area contributed by atoms with Crippen LogP contribution in [0, 0.1) is 12.8 Å². The van der Waals surface area contributed by atoms with Crippen LogP contribution in [0.4, 0.5) is 11.6 Å². The van der Waals surface area contributed by atoms with E-state index in [1.165, 1.54) is 5.56 Å². The molecule has 1 fully saturated rings. The Morgan fingerprint density at radius 2 is 1.83 bits per heavy atom. The van der Waals surface area contributed by atoms with E-state index in [4.69, 9.17) is 9.72 Å². The van der Waals surface area contributed by atoms with Crippen LogP contribution in [0.15, 0.2) is 60.9 Å². The maximum Gasteiger partial charge on any atom is 0.309 e. The van der Waals surface area contributed by atoms with Gasteiger partial charge in [-0.05, 0) is 67.8 Å². The summed E-state index contributed by atoms with van der Waals surface area (Å²) in [7, 11) is 0. The van der Waals surface area contributed by atoms with Gasteiger partial charge in [-0.1, -0.05) is 6.07 Å². The molecule has 1 aliphatic rings. The summed E-state index contributed by atoms with van der Waals surface area (Å²) in [5.74, 6) is -0.255. The van der Waals surface area contributed by atoms with Crippen molar-refractivity contribution in [3.63, 3.8) is 0 Å². The first kappa shape index (κ1) is 22.9. The van der Waals surface area contributed by atoms with Crippen LogP contribution in [0.3, 0.4) is 0 Å². The Kier molecular flexibility index (Phi) is 6.67. The first-order valence-electron chi connectivity index (χ1n) is 11.5. The van der Waals surface area contributed by atoms with Crippen molar-refractivity contribution in [3.05, 3.63) is 66.5 Å². The summed E-state index contributed by atoms with van der Waals surface area (Å²) in [6.45, 7) is 3.12. The fraction of sp³-hybridized carbons (Fsp3) is 0.269. The smallest absolute Gasteiger partial charge is 0.309 e. The van der Waals surface area contributed by atoms with Crippen LogP contribution in [-0.2, 0) is 14.3 Å². The summed E-state index contributed by atoms with van der Waals surface area (Å²) in [5, 5.41) is 3.72. The van der Waals surface area contributed by atoms with Gasteiger partial charge in [-0.3, -0.25) is 9.59 Å². The van der Waals surface area contributed by atoms with Crippen molar-refractivity contribution in [1.29, 1.82) is 0 Å². The average molecular weight is 488 g/mol. The topological polar surface area (TPSA) is 97.3 Å². The molecule has 2 aromatic heterocycles. The van der Waals surface area contributed by atoms with Gasteiger partial charge in [-0.15, -0.1) is 11.3 Å². The van der Waals surface area contributed by atoms with Gasteiger partial charge in [-0.2, -0.15) is 0 Å². The molecule has 0 unspecified atom stereocenters. The summed E-state index contributed by atoms with van der Waals surface area (Å²) in [5.41, 5.74) is 3.82. The highest BCUT2D eigenvalue weighted by Crippen LogP contribution is 2.31. The molecular formula is C26H25N5O3S. The SMILES string of the molecule is Cc1ccc2nc(-c3ccc(NC(=O)COC(=O)C4CCN(c5ncccn5)CC4)cc3)sc2c1. The molecule has 3 heterocycles. The number of hydrogen-bond acceptors (Lipinski definition) is 8. The molecule has 0 spiro atoms. The molecule has 1 N–H and O–H groups in total. The number of piperidine rings is 1. The lowest BCUT2D eigenvalue weighted by Crippen LogP contribution is -2.38. The third kappa shape index (κ3) is 5.46. The largest absolute Gasteiger partial charge is 0.455 e. The Bertz CT molecular complexity index is 1330. The number of rotatable bonds is 6. The van der Waals surface area contributed by atoms with Gasteiger partial charge in [0, 0.05) is 36.7 Å². The quantitative estimate of drug-likeness (QED) is 0.401. The third-order valence-corrected chi connectivity index (χ3v) is 7.04. The Labute approximate surface area is 207 Å². The van der Waals surface area contributed by atoms with Gasteiger partial charge in [0.2, 0.25) is 5.95 Å². The second-order valence-electron chi connectivity index (χ2n) is 8.53. The van der Waals surface area contributed by atoms with Crippen LogP contribution < -0.4 is 10.2 Å². The molecule has 0 aliphatic carbocycles. The molecule has 178 valence electrons. The molecule has 9 heteroatoms. The van der Waals surface area contributed by atoms with E-state index in [1.54, 1.807) is 29.8 Å². The minimum Gasteiger partial charge on any atom is -0.455 e. The van der Waals surface area contributed by atoms with E-state index < -0.39 is 0 Å². The molecule has 0 radical (unpaired) electrons. The summed E-state index contributed by atoms with van der Waals surface area (Å²) < 4.78 is 6.43. The zero-order valence-electron chi connectivity index (χ0n) is 19.3. The van der Waals surface area contributed by atoms with E-state index in [9.17, 15) is 9.59 Å². The van der Waals surface area contributed by atoms with Crippen LogP contribution in [0.2, 0.25) is 0 Å². The maximum atomic E-state index is 12.4. The third-order valence-electron chi connectivity index (χ3n) is 5.97. The normalized spacial score (nSPS) is 14.1. The first-order valence-corrected chi connectivity index (χ1v) is 12.3. The summed E-state index contributed by atoms with van der Waals surface area (Å²) in [6, 6.07) is 15.5. The van der Waals surface area contributed by atoms with Crippen LogP contribution in [0.5, 0.6) is 0 Å². The van der Waals surface area contributed by atoms with Crippen molar-refractivity contribution in [2.45, 2.75) is 19.8 Å². The Morgan fingerprint density at radius 1 is 1.09 bits per heavy atom. The number of amides is 1. The van der Waals surface area contributed by atoms with Gasteiger partial charge in [0.05, 0.1) is 16.1 Å². The highest BCUT2D eigenvalue weighted by atomic mass is 32.1. The maximum absolute atomic E-state index is 12.4. The Balaban J connectivity index is 1.10. The van der Waals surface area contributed by atoms with Crippen molar-refractivity contribution in [3.8, 4) is 10.6 Å². The summed E-state index contributed by atoms with van der Waals surface area (Å²) in [4.78, 5) is 40.0. The fourth-order valence-corrected chi connectivity index (χ4v) is 5.14. The molecule has 1 saturated heterocycles. The predicted molar refractivity (Wildman–Crippen MR) is 136 cm³/mol. The second-order valence-corrected chi connectivity index (χ2v) is 9.56. The molecule has 2 aromatic carbocycles. The van der Waals surface area contributed by atoms with Gasteiger partial charge < -0.3 is 15.0 Å². The van der Waals surface area contributed by atoms with Gasteiger partial charge >= 0.3 is 5.97 Å². The number of ether oxygens (including phenoxy) is 1. The van der Waals surface area contributed by atoms with E-state index >= 15 is 0 Å². The minimum absolute atomic E-state index is 0.223. The van der Waals surface area contributed by atoms with Gasteiger partial charge in [0.25, 0.3) is 5.91 Å². The molecule has 4 aromatic rings. The van der Waals surface area contributed by atoms with Crippen molar-refractivity contribution in [2.75, 3.05) is 29.9 Å². The number of hydrogen-bond donors (Lipinski definition) is 1. The van der Waals surface area contributed by atoms with Crippen LogP contribution >= 0.6 is 11.3 Å². The lowest BCUT2D eigenvalue weighted by molar-refractivity contribution is -0.152. The van der Waals surface area contributed by atoms with E-state index in [0.29, 0.717) is 37.6 Å². The number of esters is 1. The average Bonchev–Trinajstić information content (AvgIpc) is 3.31. The van der Waals surface area contributed by atoms with Crippen LogP contribution in [0.1, 0.15) is 18.4 Å². The number of fused-ring (bicyclic) bond motifs is 1. The minimum atomic E-state index is -0.364. The number of nitrogens with zero attached hydrogens (tertiary/aromatic N) is 4. The monoisotopic (exact) mass is 487 g/mol. The number of carbonyl (C=O) groups is 2. The molecule has 0 bridgehead atoms. The van der Waals surface area contributed by atoms with Crippen molar-refractivity contribution >= 4 is 45.1 Å². The van der Waals surface area contributed by atoms with Gasteiger partial charge in [0.15, 0.2) is 6.61 Å². The standard InChI is InChI=1S/C26H25N5O3S/c1-17-3-8-21-22(15-17)35-24(30-21)18-4-6-20(7-5-18)29-23(32)16-34-25(33)19-9-13-31(14-10-19)26-27-11-2-12-28-26/h2-8,11-12,15,19H,9-10,13-14,16H2,1H3,(H,29,32). The molecule has 35 heavy (non-hydrogen) atoms. The molecule has 1 aliphatic heterocycles. The van der Waals surface area contributed by atoms with Crippen molar-refractivity contribution < 1.29 is 14.3 Å². The highest BCUT2D eigenvalue weighted by molar-refractivity contribution is 7.21. The number of benzene rings is 2. The molecule has 5 rings (SSSR count). The van der Waals surface area contributed by atoms with E-state index in [2.05, 4.69) is 39.2 Å². The Morgan fingerprint density at radius 3 is 2.57 bits per heavy atom. The summed E-state index contributed by atoms with van der Waals surface area (Å²) >= 11 is 1.64. The molecule has 0 saturated carbocycles. The van der Waals surface area contributed by atoms with Gasteiger partial charge in [-0.25, -0.2) is 15.0 Å². The number of carbonyl (C=O) groups excluding carboxylic acids is 2. The van der Waals surface area contributed by atoms with Crippen LogP contribution in [0.25, 0.3) is 20.8 Å². The Hall–Kier alpha value is -3.85. The number of thiazole rings is 1. The van der Waals surface area contributed by atoms with Crippen molar-refractivity contribution in [1.82, 2.24) is 15.0 Å². The van der Waals surface area contributed by atoms with E-state index in [-0.39, 0.29) is 24.4 Å². The lowest BCUT2D eigenvalue weighted by Gasteiger charge is -2.30. The second kappa shape index (κ2) is 10.2. The van der Waals surface area contributed by atoms with E-state index in [1.807, 2.05) is 30.3 Å². The predicted octanol–water partition coefficient (Wildman–Crippen LogP) is 4.46. The molecule has 0 atom stereocenters. The number of anilines is 2. The molecule has 1 amide bonds. The number of nitrogens with one attached hydrogen (secondary N) is 1. The number of aryl methyl sites for hydroxylation is 1. The fourth-order valence-electron chi connectivity index (χ4n) is 4.07. The summed E-state index contributed by atoms with van der Waals surface area (Å²) in [6.07, 6.45) is 4.70. The first-order chi connectivity index (χ1) is 17.0. The lowest BCUT2D eigenvalue weighted by atomic mass is 9.97. The van der Waals surface area contributed by atoms with E-state index in [0.717, 1.165) is 20.8 Å². The highest BCUT2D eigenvalue weighted by Gasteiger charge is 2.27.